The van der Waals surface area contributed by atoms with E-state index in [0.717, 1.165) is 33.3 Å². The molecule has 0 bridgehead atoms. The number of rotatable bonds is 8. The van der Waals surface area contributed by atoms with Gasteiger partial charge in [0.1, 0.15) is 5.75 Å². The van der Waals surface area contributed by atoms with Gasteiger partial charge in [0.15, 0.2) is 5.16 Å². The molecule has 0 saturated heterocycles. The second-order valence-corrected chi connectivity index (χ2v) is 8.39. The number of carbonyl (C=O) groups is 1. The molecular weight excluding hydrogens is 438 g/mol. The molecule has 8 nitrogen and oxygen atoms in total. The summed E-state index contributed by atoms with van der Waals surface area (Å²) in [5, 5.41) is 7.58. The summed E-state index contributed by atoms with van der Waals surface area (Å²) in [6.45, 7) is 3.90. The standard InChI is InChI=1S/C24H23N5O3S/c1-15-14-16(2)26-24(25-15)33-20-10-6-18(7-11-20)27-21(30)12-13-22-28-23(29-32-22)17-4-8-19(31-3)9-5-17/h4-11,14H,12-13H2,1-3H3,(H,27,30). The summed E-state index contributed by atoms with van der Waals surface area (Å²) in [7, 11) is 1.61. The molecule has 0 spiro atoms. The first-order valence-corrected chi connectivity index (χ1v) is 11.2. The van der Waals surface area contributed by atoms with Gasteiger partial charge in [-0.2, -0.15) is 4.98 Å². The number of nitrogens with zero attached hydrogens (tertiary/aromatic N) is 4. The summed E-state index contributed by atoms with van der Waals surface area (Å²) >= 11 is 1.48. The lowest BCUT2D eigenvalue weighted by Crippen LogP contribution is -2.12. The van der Waals surface area contributed by atoms with E-state index in [1.54, 1.807) is 7.11 Å². The van der Waals surface area contributed by atoms with Crippen LogP contribution in [0.4, 0.5) is 5.69 Å². The van der Waals surface area contributed by atoms with Gasteiger partial charge in [-0.3, -0.25) is 4.79 Å². The molecule has 9 heteroatoms. The van der Waals surface area contributed by atoms with Crippen LogP contribution in [0.25, 0.3) is 11.4 Å². The van der Waals surface area contributed by atoms with Crippen LogP contribution in [0.15, 0.2) is 69.2 Å². The fourth-order valence-corrected chi connectivity index (χ4v) is 3.97. The molecule has 0 aliphatic rings. The van der Waals surface area contributed by atoms with Crippen LogP contribution in [0.2, 0.25) is 0 Å². The van der Waals surface area contributed by atoms with Crippen molar-refractivity contribution in [2.75, 3.05) is 12.4 Å². The highest BCUT2D eigenvalue weighted by Gasteiger charge is 2.11. The molecule has 4 rings (SSSR count). The van der Waals surface area contributed by atoms with Crippen LogP contribution in [0, 0.1) is 13.8 Å². The predicted octanol–water partition coefficient (Wildman–Crippen LogP) is 4.87. The van der Waals surface area contributed by atoms with Gasteiger partial charge in [-0.05, 0) is 80.2 Å². The van der Waals surface area contributed by atoms with E-state index in [9.17, 15) is 4.79 Å². The van der Waals surface area contributed by atoms with Crippen LogP contribution in [0.3, 0.4) is 0 Å². The summed E-state index contributed by atoms with van der Waals surface area (Å²) in [4.78, 5) is 26.6. The minimum Gasteiger partial charge on any atom is -0.497 e. The van der Waals surface area contributed by atoms with Gasteiger partial charge in [-0.25, -0.2) is 9.97 Å². The minimum atomic E-state index is -0.128. The zero-order chi connectivity index (χ0) is 23.2. The zero-order valence-electron chi connectivity index (χ0n) is 18.5. The highest BCUT2D eigenvalue weighted by Crippen LogP contribution is 2.26. The van der Waals surface area contributed by atoms with Crippen molar-refractivity contribution in [3.8, 4) is 17.1 Å². The van der Waals surface area contributed by atoms with E-state index >= 15 is 0 Å². The number of amides is 1. The number of carbonyl (C=O) groups excluding carboxylic acids is 1. The van der Waals surface area contributed by atoms with E-state index in [2.05, 4.69) is 25.4 Å². The van der Waals surface area contributed by atoms with Crippen LogP contribution in [0.1, 0.15) is 23.7 Å². The van der Waals surface area contributed by atoms with Crippen molar-refractivity contribution >= 4 is 23.4 Å². The monoisotopic (exact) mass is 461 g/mol. The molecule has 0 saturated carbocycles. The molecule has 0 radical (unpaired) electrons. The maximum Gasteiger partial charge on any atom is 0.227 e. The van der Waals surface area contributed by atoms with Gasteiger partial charge >= 0.3 is 0 Å². The zero-order valence-corrected chi connectivity index (χ0v) is 19.3. The second-order valence-electron chi connectivity index (χ2n) is 7.35. The van der Waals surface area contributed by atoms with Crippen molar-refractivity contribution in [3.63, 3.8) is 0 Å². The Morgan fingerprint density at radius 2 is 1.70 bits per heavy atom. The van der Waals surface area contributed by atoms with E-state index in [4.69, 9.17) is 9.26 Å². The Kier molecular flexibility index (Phi) is 6.99. The third-order valence-corrected chi connectivity index (χ3v) is 5.56. The molecule has 2 aromatic heterocycles. The SMILES string of the molecule is COc1ccc(-c2noc(CCC(=O)Nc3ccc(Sc4nc(C)cc(C)n4)cc3)n2)cc1. The number of ether oxygens (including phenoxy) is 1. The predicted molar refractivity (Wildman–Crippen MR) is 125 cm³/mol. The first kappa shape index (κ1) is 22.5. The third-order valence-electron chi connectivity index (χ3n) is 4.69. The average Bonchev–Trinajstić information content (AvgIpc) is 3.28. The Morgan fingerprint density at radius 3 is 2.36 bits per heavy atom. The lowest BCUT2D eigenvalue weighted by molar-refractivity contribution is -0.116. The number of hydrogen-bond acceptors (Lipinski definition) is 8. The van der Waals surface area contributed by atoms with Gasteiger partial charge in [0, 0.05) is 40.4 Å². The maximum atomic E-state index is 12.3. The quantitative estimate of drug-likeness (QED) is 0.371. The fourth-order valence-electron chi connectivity index (χ4n) is 3.11. The molecule has 1 N–H and O–H groups in total. The molecule has 0 aliphatic carbocycles. The second kappa shape index (κ2) is 10.3. The average molecular weight is 462 g/mol. The highest BCUT2D eigenvalue weighted by molar-refractivity contribution is 7.99. The molecule has 2 aromatic carbocycles. The third kappa shape index (κ3) is 6.17. The van der Waals surface area contributed by atoms with Gasteiger partial charge < -0.3 is 14.6 Å². The fraction of sp³-hybridized carbons (Fsp3) is 0.208. The Labute approximate surface area is 195 Å². The van der Waals surface area contributed by atoms with E-state index < -0.39 is 0 Å². The Hall–Kier alpha value is -3.72. The van der Waals surface area contributed by atoms with E-state index in [0.29, 0.717) is 23.3 Å². The van der Waals surface area contributed by atoms with Crippen LogP contribution in [-0.2, 0) is 11.2 Å². The number of benzene rings is 2. The largest absolute Gasteiger partial charge is 0.497 e. The topological polar surface area (TPSA) is 103 Å². The summed E-state index contributed by atoms with van der Waals surface area (Å²) in [5.41, 5.74) is 3.41. The van der Waals surface area contributed by atoms with Gasteiger partial charge in [0.05, 0.1) is 7.11 Å². The molecule has 168 valence electrons. The number of aromatic nitrogens is 4. The van der Waals surface area contributed by atoms with Crippen molar-refractivity contribution in [2.45, 2.75) is 36.7 Å². The van der Waals surface area contributed by atoms with Crippen LogP contribution < -0.4 is 10.1 Å². The molecular formula is C24H23N5O3S. The molecule has 0 unspecified atom stereocenters. The maximum absolute atomic E-state index is 12.3. The molecule has 0 fully saturated rings. The number of methoxy groups -OCH3 is 1. The van der Waals surface area contributed by atoms with E-state index in [-0.39, 0.29) is 12.3 Å². The van der Waals surface area contributed by atoms with Crippen molar-refractivity contribution in [1.82, 2.24) is 20.1 Å². The Morgan fingerprint density at radius 1 is 1.00 bits per heavy atom. The van der Waals surface area contributed by atoms with Crippen molar-refractivity contribution in [2.24, 2.45) is 0 Å². The first-order valence-electron chi connectivity index (χ1n) is 10.4. The summed E-state index contributed by atoms with van der Waals surface area (Å²) < 4.78 is 10.4. The van der Waals surface area contributed by atoms with E-state index in [1.807, 2.05) is 68.4 Å². The molecule has 4 aromatic rings. The first-order chi connectivity index (χ1) is 16.0. The molecule has 33 heavy (non-hydrogen) atoms. The summed E-state index contributed by atoms with van der Waals surface area (Å²) in [6.07, 6.45) is 0.587. The molecule has 1 amide bonds. The van der Waals surface area contributed by atoms with Gasteiger partial charge in [0.25, 0.3) is 0 Å². The van der Waals surface area contributed by atoms with Gasteiger partial charge in [0.2, 0.25) is 17.6 Å². The number of nitrogens with one attached hydrogen (secondary N) is 1. The Bertz CT molecular complexity index is 1220. The number of hydrogen-bond donors (Lipinski definition) is 1. The normalized spacial score (nSPS) is 10.8. The summed E-state index contributed by atoms with van der Waals surface area (Å²) in [5.74, 6) is 1.52. The minimum absolute atomic E-state index is 0.128. The van der Waals surface area contributed by atoms with Crippen LogP contribution >= 0.6 is 11.8 Å². The van der Waals surface area contributed by atoms with Gasteiger partial charge in [-0.15, -0.1) is 0 Å². The lowest BCUT2D eigenvalue weighted by Gasteiger charge is -2.06. The van der Waals surface area contributed by atoms with Crippen molar-refractivity contribution in [3.05, 3.63) is 71.9 Å². The molecule has 0 atom stereocenters. The van der Waals surface area contributed by atoms with Crippen LogP contribution in [0.5, 0.6) is 5.75 Å². The van der Waals surface area contributed by atoms with Gasteiger partial charge in [-0.1, -0.05) is 5.16 Å². The molecule has 2 heterocycles. The van der Waals surface area contributed by atoms with Crippen LogP contribution in [-0.4, -0.2) is 33.1 Å². The van der Waals surface area contributed by atoms with E-state index in [1.165, 1.54) is 11.8 Å². The van der Waals surface area contributed by atoms with Crippen molar-refractivity contribution < 1.29 is 14.1 Å². The smallest absolute Gasteiger partial charge is 0.227 e. The number of anilines is 1. The lowest BCUT2D eigenvalue weighted by atomic mass is 10.2. The summed E-state index contributed by atoms with van der Waals surface area (Å²) in [6, 6.07) is 16.9. The molecule has 0 aliphatic heterocycles. The highest BCUT2D eigenvalue weighted by atomic mass is 32.2. The van der Waals surface area contributed by atoms with Crippen molar-refractivity contribution in [1.29, 1.82) is 0 Å². The Balaban J connectivity index is 1.28. The number of aryl methyl sites for hydroxylation is 3.